The lowest BCUT2D eigenvalue weighted by Crippen LogP contribution is -2.18. The summed E-state index contributed by atoms with van der Waals surface area (Å²) in [5.41, 5.74) is 4.51. The molecule has 0 fully saturated rings. The molecule has 5 rings (SSSR count). The summed E-state index contributed by atoms with van der Waals surface area (Å²) in [5.74, 6) is 0.139. The van der Waals surface area contributed by atoms with Gasteiger partial charge in [-0.05, 0) is 54.8 Å². The van der Waals surface area contributed by atoms with Crippen LogP contribution in [0.15, 0.2) is 77.6 Å². The van der Waals surface area contributed by atoms with E-state index < -0.39 is 0 Å². The van der Waals surface area contributed by atoms with Crippen LogP contribution in [0.4, 0.5) is 4.39 Å². The predicted molar refractivity (Wildman–Crippen MR) is 120 cm³/mol. The molecule has 0 atom stereocenters. The highest BCUT2D eigenvalue weighted by Crippen LogP contribution is 2.25. The molecule has 0 spiro atoms. The van der Waals surface area contributed by atoms with Crippen LogP contribution in [-0.4, -0.2) is 19.7 Å². The lowest BCUT2D eigenvalue weighted by atomic mass is 10.0. The molecule has 2 heterocycles. The Bertz CT molecular complexity index is 1400. The van der Waals surface area contributed by atoms with E-state index in [2.05, 4.69) is 15.1 Å². The van der Waals surface area contributed by atoms with Gasteiger partial charge in [0.05, 0.1) is 16.7 Å². The van der Waals surface area contributed by atoms with Crippen molar-refractivity contribution in [1.82, 2.24) is 19.7 Å². The fourth-order valence-corrected chi connectivity index (χ4v) is 3.89. The Morgan fingerprint density at radius 2 is 1.77 bits per heavy atom. The zero-order chi connectivity index (χ0) is 21.4. The minimum absolute atomic E-state index is 0.184. The SMILES string of the molecule is O=c1c(CCc2ccc(F)cc2)c(-c2cccc(Cl)c2)[nH]n1-c1nc2ccccc2[nH]1. The van der Waals surface area contributed by atoms with Crippen molar-refractivity contribution in [3.05, 3.63) is 105 Å². The van der Waals surface area contributed by atoms with Gasteiger partial charge in [-0.15, -0.1) is 0 Å². The van der Waals surface area contributed by atoms with Crippen molar-refractivity contribution in [2.45, 2.75) is 12.8 Å². The van der Waals surface area contributed by atoms with Gasteiger partial charge in [-0.25, -0.2) is 9.37 Å². The molecule has 0 aliphatic rings. The molecule has 0 aliphatic carbocycles. The number of imidazole rings is 1. The minimum atomic E-state index is -0.280. The lowest BCUT2D eigenvalue weighted by Gasteiger charge is -2.04. The number of nitrogens with one attached hydrogen (secondary N) is 2. The van der Waals surface area contributed by atoms with Crippen LogP contribution in [0.3, 0.4) is 0 Å². The number of nitrogens with zero attached hydrogens (tertiary/aromatic N) is 2. The van der Waals surface area contributed by atoms with Gasteiger partial charge in [-0.3, -0.25) is 9.89 Å². The quantitative estimate of drug-likeness (QED) is 0.396. The molecular formula is C24H18ClFN4O. The van der Waals surface area contributed by atoms with Gasteiger partial charge in [-0.1, -0.05) is 48.0 Å². The zero-order valence-electron chi connectivity index (χ0n) is 16.4. The van der Waals surface area contributed by atoms with Crippen LogP contribution >= 0.6 is 11.6 Å². The summed E-state index contributed by atoms with van der Waals surface area (Å²) in [5, 5.41) is 3.79. The van der Waals surface area contributed by atoms with E-state index in [9.17, 15) is 9.18 Å². The highest BCUT2D eigenvalue weighted by atomic mass is 35.5. The van der Waals surface area contributed by atoms with Crippen LogP contribution < -0.4 is 5.56 Å². The van der Waals surface area contributed by atoms with Crippen LogP contribution in [0.1, 0.15) is 11.1 Å². The van der Waals surface area contributed by atoms with Crippen molar-refractivity contribution in [2.24, 2.45) is 0 Å². The molecule has 7 heteroatoms. The second kappa shape index (κ2) is 7.89. The Morgan fingerprint density at radius 1 is 0.968 bits per heavy atom. The molecule has 0 bridgehead atoms. The second-order valence-corrected chi connectivity index (χ2v) is 7.76. The number of hydrogen-bond acceptors (Lipinski definition) is 2. The van der Waals surface area contributed by atoms with Crippen LogP contribution in [0.25, 0.3) is 28.2 Å². The summed E-state index contributed by atoms with van der Waals surface area (Å²) in [6, 6.07) is 21.3. The highest BCUT2D eigenvalue weighted by molar-refractivity contribution is 6.30. The topological polar surface area (TPSA) is 66.5 Å². The van der Waals surface area contributed by atoms with Crippen LogP contribution in [0.2, 0.25) is 5.02 Å². The molecular weight excluding hydrogens is 415 g/mol. The zero-order valence-corrected chi connectivity index (χ0v) is 17.2. The largest absolute Gasteiger partial charge is 0.322 e. The summed E-state index contributed by atoms with van der Waals surface area (Å²) in [6.45, 7) is 0. The first-order valence-corrected chi connectivity index (χ1v) is 10.3. The fourth-order valence-electron chi connectivity index (χ4n) is 3.70. The van der Waals surface area contributed by atoms with Crippen molar-refractivity contribution in [3.63, 3.8) is 0 Å². The minimum Gasteiger partial charge on any atom is -0.322 e. The molecule has 5 aromatic rings. The Balaban J connectivity index is 1.60. The maximum Gasteiger partial charge on any atom is 0.277 e. The number of aromatic amines is 2. The Hall–Kier alpha value is -3.64. The number of aromatic nitrogens is 4. The number of halogens is 2. The van der Waals surface area contributed by atoms with E-state index >= 15 is 0 Å². The molecule has 0 amide bonds. The average Bonchev–Trinajstić information content (AvgIpc) is 3.34. The molecule has 31 heavy (non-hydrogen) atoms. The second-order valence-electron chi connectivity index (χ2n) is 7.32. The van der Waals surface area contributed by atoms with Gasteiger partial charge in [0.1, 0.15) is 5.82 Å². The number of benzene rings is 3. The van der Waals surface area contributed by atoms with Crippen LogP contribution in [0.5, 0.6) is 0 Å². The van der Waals surface area contributed by atoms with Crippen LogP contribution in [-0.2, 0) is 12.8 Å². The van der Waals surface area contributed by atoms with Gasteiger partial charge in [0.25, 0.3) is 5.56 Å². The third-order valence-corrected chi connectivity index (χ3v) is 5.50. The summed E-state index contributed by atoms with van der Waals surface area (Å²) in [4.78, 5) is 21.1. The maximum absolute atomic E-state index is 13.4. The first-order valence-electron chi connectivity index (χ1n) is 9.88. The molecule has 3 aromatic carbocycles. The van der Waals surface area contributed by atoms with Gasteiger partial charge in [-0.2, -0.15) is 4.68 Å². The van der Waals surface area contributed by atoms with E-state index in [1.807, 2.05) is 42.5 Å². The smallest absolute Gasteiger partial charge is 0.277 e. The van der Waals surface area contributed by atoms with Gasteiger partial charge < -0.3 is 4.98 Å². The standard InChI is InChI=1S/C24H18ClFN4O/c25-17-5-3-4-16(14-17)22-19(13-10-15-8-11-18(26)12-9-15)23(31)30(29-22)24-27-20-6-1-2-7-21(20)28-24/h1-9,11-12,14,29H,10,13H2,(H,27,28). The summed E-state index contributed by atoms with van der Waals surface area (Å²) < 4.78 is 14.7. The number of rotatable bonds is 5. The van der Waals surface area contributed by atoms with Crippen molar-refractivity contribution in [2.75, 3.05) is 0 Å². The van der Waals surface area contributed by atoms with Gasteiger partial charge >= 0.3 is 0 Å². The summed E-state index contributed by atoms with van der Waals surface area (Å²) in [7, 11) is 0. The Kier molecular flexibility index (Phi) is 4.92. The number of para-hydroxylation sites is 2. The van der Waals surface area contributed by atoms with Crippen molar-refractivity contribution >= 4 is 22.6 Å². The Labute approximate surface area is 182 Å². The van der Waals surface area contributed by atoms with Gasteiger partial charge in [0, 0.05) is 16.1 Å². The molecule has 0 unspecified atom stereocenters. The average molecular weight is 433 g/mol. The first kappa shape index (κ1) is 19.3. The van der Waals surface area contributed by atoms with Gasteiger partial charge in [0.15, 0.2) is 0 Å². The van der Waals surface area contributed by atoms with E-state index in [4.69, 9.17) is 11.6 Å². The molecule has 154 valence electrons. The third-order valence-electron chi connectivity index (χ3n) is 5.27. The van der Waals surface area contributed by atoms with Crippen LogP contribution in [0, 0.1) is 5.82 Å². The number of hydrogen-bond donors (Lipinski definition) is 2. The monoisotopic (exact) mass is 432 g/mol. The van der Waals surface area contributed by atoms with E-state index in [0.717, 1.165) is 22.2 Å². The molecule has 5 nitrogen and oxygen atoms in total. The molecule has 0 radical (unpaired) electrons. The predicted octanol–water partition coefficient (Wildman–Crippen LogP) is 5.29. The Morgan fingerprint density at radius 3 is 2.55 bits per heavy atom. The number of H-pyrrole nitrogens is 2. The van der Waals surface area contributed by atoms with Crippen molar-refractivity contribution in [1.29, 1.82) is 0 Å². The van der Waals surface area contributed by atoms with E-state index in [-0.39, 0.29) is 11.4 Å². The summed E-state index contributed by atoms with van der Waals surface area (Å²) in [6.07, 6.45) is 1.08. The van der Waals surface area contributed by atoms with E-state index in [0.29, 0.717) is 35.1 Å². The van der Waals surface area contributed by atoms with Gasteiger partial charge in [0.2, 0.25) is 5.95 Å². The number of fused-ring (bicyclic) bond motifs is 1. The summed E-state index contributed by atoms with van der Waals surface area (Å²) >= 11 is 6.20. The first-order chi connectivity index (χ1) is 15.1. The normalized spacial score (nSPS) is 11.3. The molecule has 2 aromatic heterocycles. The fraction of sp³-hybridized carbons (Fsp3) is 0.0833. The highest BCUT2D eigenvalue weighted by Gasteiger charge is 2.19. The molecule has 0 saturated carbocycles. The molecule has 2 N–H and O–H groups in total. The lowest BCUT2D eigenvalue weighted by molar-refractivity contribution is 0.627. The molecule has 0 saturated heterocycles. The van der Waals surface area contributed by atoms with E-state index in [1.165, 1.54) is 16.8 Å². The third kappa shape index (κ3) is 3.78. The van der Waals surface area contributed by atoms with E-state index in [1.54, 1.807) is 18.2 Å². The number of aryl methyl sites for hydroxylation is 1. The van der Waals surface area contributed by atoms with Crippen molar-refractivity contribution in [3.8, 4) is 17.2 Å². The van der Waals surface area contributed by atoms with Crippen molar-refractivity contribution < 1.29 is 4.39 Å². The maximum atomic E-state index is 13.4. The molecule has 0 aliphatic heterocycles.